The van der Waals surface area contributed by atoms with E-state index in [-0.39, 0.29) is 27.3 Å². The normalized spacial score (nSPS) is 3.91. The van der Waals surface area contributed by atoms with Gasteiger partial charge < -0.3 is 25.9 Å². The van der Waals surface area contributed by atoms with Crippen LogP contribution in [-0.2, 0) is 32.1 Å². The minimum Gasteiger partial charge on any atom is -0.481 e. The molecule has 0 aromatic rings. The monoisotopic (exact) mass is 261 g/mol. The van der Waals surface area contributed by atoms with Crippen LogP contribution in [0.3, 0.4) is 0 Å². The van der Waals surface area contributed by atoms with Crippen LogP contribution in [0.5, 0.6) is 0 Å². The molecule has 0 rings (SSSR count). The Hall–Kier alpha value is 0.392. The fraction of sp³-hybridized carbons (Fsp3) is 0.500. The van der Waals surface area contributed by atoms with Gasteiger partial charge in [0.25, 0.3) is 5.97 Å². The molecule has 0 unspecified atom stereocenters. The Morgan fingerprint density at radius 2 is 1.00 bits per heavy atom. The van der Waals surface area contributed by atoms with Crippen molar-refractivity contribution in [2.24, 2.45) is 0 Å². The summed E-state index contributed by atoms with van der Waals surface area (Å²) in [6.45, 7) is 16.1. The van der Waals surface area contributed by atoms with Crippen LogP contribution in [0, 0.1) is 20.8 Å². The van der Waals surface area contributed by atoms with Gasteiger partial charge in [-0.25, -0.2) is 0 Å². The van der Waals surface area contributed by atoms with E-state index in [4.69, 9.17) is 9.90 Å². The van der Waals surface area contributed by atoms with Gasteiger partial charge in [0.1, 0.15) is 0 Å². The molecule has 0 bridgehead atoms. The van der Waals surface area contributed by atoms with Crippen LogP contribution in [0.4, 0.5) is 0 Å². The van der Waals surface area contributed by atoms with Gasteiger partial charge in [-0.05, 0) is 0 Å². The molecule has 1 N–H and O–H groups in total. The quantitative estimate of drug-likeness (QED) is 0.536. The molecule has 0 spiro atoms. The second-order valence-corrected chi connectivity index (χ2v) is 0.519. The molecule has 68 valence electrons. The van der Waals surface area contributed by atoms with Crippen molar-refractivity contribution in [3.63, 3.8) is 0 Å². The molecule has 3 heteroatoms. The van der Waals surface area contributed by atoms with E-state index in [0.717, 1.165) is 6.92 Å². The second-order valence-electron chi connectivity index (χ2n) is 0.519. The van der Waals surface area contributed by atoms with Crippen LogP contribution in [0.2, 0.25) is 0 Å². The van der Waals surface area contributed by atoms with Crippen molar-refractivity contribution in [2.45, 2.75) is 27.7 Å². The van der Waals surface area contributed by atoms with E-state index < -0.39 is 5.97 Å². The number of hydrogen-bond acceptors (Lipinski definition) is 1. The minimum absolute atomic E-state index is 0. The van der Waals surface area contributed by atoms with Crippen LogP contribution in [-0.4, -0.2) is 11.1 Å². The molecular weight excluding hydrogens is 240 g/mol. The van der Waals surface area contributed by atoms with Gasteiger partial charge >= 0.3 is 0 Å². The first kappa shape index (κ1) is 30.1. The zero-order chi connectivity index (χ0) is 9.58. The van der Waals surface area contributed by atoms with Crippen LogP contribution >= 0.6 is 0 Å². The molecule has 0 aliphatic carbocycles. The zero-order valence-corrected chi connectivity index (χ0v) is 12.2. The maximum absolute atomic E-state index is 9.00. The van der Waals surface area contributed by atoms with Gasteiger partial charge in [-0.3, -0.25) is 4.79 Å². The molecule has 0 atom stereocenters. The fourth-order valence-corrected chi connectivity index (χ4v) is 0. The maximum Gasteiger partial charge on any atom is 0.300 e. The van der Waals surface area contributed by atoms with Crippen molar-refractivity contribution in [1.29, 1.82) is 0 Å². The predicted octanol–water partition coefficient (Wildman–Crippen LogP) is 2.61. The predicted molar refractivity (Wildman–Crippen MR) is 46.4 cm³/mol. The van der Waals surface area contributed by atoms with Crippen molar-refractivity contribution in [3.8, 4) is 0 Å². The van der Waals surface area contributed by atoms with E-state index in [0.29, 0.717) is 0 Å². The molecule has 0 fully saturated rings. The van der Waals surface area contributed by atoms with Crippen LogP contribution in [0.25, 0.3) is 0 Å². The summed E-state index contributed by atoms with van der Waals surface area (Å²) >= 11 is 0. The van der Waals surface area contributed by atoms with E-state index in [1.54, 1.807) is 20.8 Å². The number of hydrogen-bond donors (Lipinski definition) is 1. The summed E-state index contributed by atoms with van der Waals surface area (Å²) < 4.78 is 0. The molecule has 0 aromatic carbocycles. The van der Waals surface area contributed by atoms with Crippen molar-refractivity contribution in [3.05, 3.63) is 20.8 Å². The number of carboxylic acids is 1. The Bertz CT molecular complexity index is 35.1. The van der Waals surface area contributed by atoms with E-state index >= 15 is 0 Å². The van der Waals surface area contributed by atoms with Crippen LogP contribution < -0.4 is 0 Å². The molecule has 0 amide bonds. The SMILES string of the molecule is CC(=O)O.[CH2-]C.[CH2-]C.[CH2-]C.[Cd]. The van der Waals surface area contributed by atoms with Gasteiger partial charge in [-0.1, -0.05) is 0 Å². The molecule has 0 aliphatic heterocycles. The van der Waals surface area contributed by atoms with E-state index in [9.17, 15) is 0 Å². The largest absolute Gasteiger partial charge is 0.481 e. The average molecular weight is 260 g/mol. The summed E-state index contributed by atoms with van der Waals surface area (Å²) in [5, 5.41) is 7.42. The average Bonchev–Trinajstić information content (AvgIpc) is 1.98. The third-order valence-electron chi connectivity index (χ3n) is 0. The summed E-state index contributed by atoms with van der Waals surface area (Å²) in [5.74, 6) is -0.833. The number of carboxylic acid groups (broad SMARTS) is 1. The summed E-state index contributed by atoms with van der Waals surface area (Å²) in [5.41, 5.74) is 0. The van der Waals surface area contributed by atoms with Crippen LogP contribution in [0.15, 0.2) is 0 Å². The van der Waals surface area contributed by atoms with Gasteiger partial charge in [-0.15, -0.1) is 0 Å². The van der Waals surface area contributed by atoms with Gasteiger partial charge in [0.05, 0.1) is 0 Å². The third-order valence-corrected chi connectivity index (χ3v) is 0. The van der Waals surface area contributed by atoms with Gasteiger partial charge in [0, 0.05) is 34.2 Å². The molecule has 0 aliphatic rings. The maximum atomic E-state index is 9.00. The first-order valence-electron chi connectivity index (χ1n) is 3.05. The molecule has 0 heterocycles. The molecule has 0 saturated heterocycles. The van der Waals surface area contributed by atoms with Crippen molar-refractivity contribution < 1.29 is 37.2 Å². The van der Waals surface area contributed by atoms with Crippen LogP contribution in [0.1, 0.15) is 27.7 Å². The van der Waals surface area contributed by atoms with E-state index in [1.807, 2.05) is 0 Å². The Morgan fingerprint density at radius 1 is 1.00 bits per heavy atom. The molecule has 11 heavy (non-hydrogen) atoms. The molecule has 2 nitrogen and oxygen atoms in total. The molecule has 0 saturated carbocycles. The number of aliphatic carboxylic acids is 1. The Kier molecular flexibility index (Phi) is 218. The Balaban J connectivity index is -0.0000000152. The van der Waals surface area contributed by atoms with Crippen molar-refractivity contribution in [2.75, 3.05) is 0 Å². The summed E-state index contributed by atoms with van der Waals surface area (Å²) in [6.07, 6.45) is 0. The van der Waals surface area contributed by atoms with E-state index in [2.05, 4.69) is 20.8 Å². The summed E-state index contributed by atoms with van der Waals surface area (Å²) in [4.78, 5) is 9.00. The summed E-state index contributed by atoms with van der Waals surface area (Å²) in [7, 11) is 0. The molecular formula is C8H19CdO2-3. The smallest absolute Gasteiger partial charge is 0.300 e. The first-order valence-corrected chi connectivity index (χ1v) is 3.05. The topological polar surface area (TPSA) is 37.3 Å². The standard InChI is InChI=1S/C2H4O2.3C2H5.Cd/c1-2(3)4;3*1-2;/h1H3,(H,3,4);3*1H2,2H3;/q;3*-1;. The first-order chi connectivity index (χ1) is 4.73. The van der Waals surface area contributed by atoms with Gasteiger partial charge in [0.2, 0.25) is 0 Å². The number of carbonyl (C=O) groups is 1. The van der Waals surface area contributed by atoms with Crippen molar-refractivity contribution in [1.82, 2.24) is 0 Å². The van der Waals surface area contributed by atoms with E-state index in [1.165, 1.54) is 0 Å². The summed E-state index contributed by atoms with van der Waals surface area (Å²) in [6, 6.07) is 0. The Labute approximate surface area is 91.5 Å². The second kappa shape index (κ2) is 79.7. The fourth-order valence-electron chi connectivity index (χ4n) is 0. The van der Waals surface area contributed by atoms with Crippen molar-refractivity contribution >= 4 is 5.97 Å². The third kappa shape index (κ3) is 4760. The Morgan fingerprint density at radius 3 is 1.00 bits per heavy atom. The molecule has 0 aromatic heterocycles. The van der Waals surface area contributed by atoms with Gasteiger partial charge in [0.15, 0.2) is 0 Å². The zero-order valence-electron chi connectivity index (χ0n) is 8.18. The minimum atomic E-state index is -0.833. The molecule has 0 radical (unpaired) electrons. The number of rotatable bonds is 0. The van der Waals surface area contributed by atoms with Gasteiger partial charge in [-0.2, -0.15) is 20.8 Å².